The zero-order valence-electron chi connectivity index (χ0n) is 12.2. The van der Waals surface area contributed by atoms with Gasteiger partial charge in [0.05, 0.1) is 5.69 Å². The van der Waals surface area contributed by atoms with E-state index in [4.69, 9.17) is 16.3 Å². The largest absolute Gasteiger partial charge is 0.487 e. The van der Waals surface area contributed by atoms with Crippen LogP contribution in [0.1, 0.15) is 38.4 Å². The summed E-state index contributed by atoms with van der Waals surface area (Å²) in [5, 5.41) is 0.679. The Morgan fingerprint density at radius 2 is 1.85 bits per heavy atom. The third-order valence-corrected chi connectivity index (χ3v) is 3.92. The van der Waals surface area contributed by atoms with Crippen LogP contribution in [0.4, 0.5) is 0 Å². The monoisotopic (exact) mass is 289 g/mol. The van der Waals surface area contributed by atoms with Gasteiger partial charge in [-0.25, -0.2) is 0 Å². The topological polar surface area (TPSA) is 22.1 Å². The van der Waals surface area contributed by atoms with Crippen molar-refractivity contribution in [3.63, 3.8) is 0 Å². The maximum Gasteiger partial charge on any atom is 0.130 e. The molecule has 1 heterocycles. The first-order valence-corrected chi connectivity index (χ1v) is 7.23. The highest BCUT2D eigenvalue weighted by molar-refractivity contribution is 6.30. The van der Waals surface area contributed by atoms with E-state index in [1.807, 2.05) is 18.2 Å². The average Bonchev–Trinajstić information content (AvgIpc) is 2.46. The van der Waals surface area contributed by atoms with Gasteiger partial charge in [0.1, 0.15) is 12.4 Å². The normalized spacial score (nSPS) is 11.4. The van der Waals surface area contributed by atoms with Crippen molar-refractivity contribution in [1.29, 1.82) is 0 Å². The van der Waals surface area contributed by atoms with E-state index in [1.54, 1.807) is 12.3 Å². The van der Waals surface area contributed by atoms with Gasteiger partial charge in [0.15, 0.2) is 0 Å². The molecule has 0 radical (unpaired) electrons. The van der Waals surface area contributed by atoms with Crippen molar-refractivity contribution in [2.24, 2.45) is 0 Å². The van der Waals surface area contributed by atoms with Gasteiger partial charge in [0, 0.05) is 11.2 Å². The minimum Gasteiger partial charge on any atom is -0.487 e. The van der Waals surface area contributed by atoms with Crippen molar-refractivity contribution < 1.29 is 4.74 Å². The maximum atomic E-state index is 5.92. The van der Waals surface area contributed by atoms with E-state index in [0.717, 1.165) is 17.9 Å². The molecule has 106 valence electrons. The zero-order chi connectivity index (χ0) is 14.6. The molecular formula is C17H20ClNO. The number of hydrogen-bond donors (Lipinski definition) is 0. The number of ether oxygens (including phenoxy) is 1. The Balaban J connectivity index is 2.01. The van der Waals surface area contributed by atoms with E-state index in [-0.39, 0.29) is 5.41 Å². The third kappa shape index (κ3) is 3.73. The van der Waals surface area contributed by atoms with E-state index in [9.17, 15) is 0 Å². The predicted molar refractivity (Wildman–Crippen MR) is 83.3 cm³/mol. The summed E-state index contributed by atoms with van der Waals surface area (Å²) >= 11 is 5.92. The number of nitrogens with zero attached hydrogens (tertiary/aromatic N) is 1. The first kappa shape index (κ1) is 14.9. The van der Waals surface area contributed by atoms with Gasteiger partial charge in [-0.3, -0.25) is 4.98 Å². The molecule has 0 unspecified atom stereocenters. The molecule has 0 bridgehead atoms. The minimum atomic E-state index is 0.201. The van der Waals surface area contributed by atoms with Crippen LogP contribution in [0.15, 0.2) is 42.6 Å². The molecule has 1 aromatic carbocycles. The molecular weight excluding hydrogens is 270 g/mol. The summed E-state index contributed by atoms with van der Waals surface area (Å²) in [6.07, 6.45) is 2.80. The summed E-state index contributed by atoms with van der Waals surface area (Å²) in [5.41, 5.74) is 2.36. The molecule has 3 heteroatoms. The second-order valence-corrected chi connectivity index (χ2v) is 5.95. The van der Waals surface area contributed by atoms with E-state index < -0.39 is 0 Å². The smallest absolute Gasteiger partial charge is 0.130 e. The van der Waals surface area contributed by atoms with E-state index in [1.165, 1.54) is 5.56 Å². The third-order valence-electron chi connectivity index (χ3n) is 3.69. The Labute approximate surface area is 125 Å². The first-order chi connectivity index (χ1) is 9.51. The van der Waals surface area contributed by atoms with Crippen LogP contribution >= 0.6 is 11.6 Å². The standard InChI is InChI=1S/C17H20ClNO/c1-4-17(2,3)13-5-7-16(8-6-13)20-12-15-11-14(18)9-10-19-15/h5-11H,4,12H2,1-3H3. The number of pyridine rings is 1. The van der Waals surface area contributed by atoms with Gasteiger partial charge < -0.3 is 4.74 Å². The van der Waals surface area contributed by atoms with Gasteiger partial charge in [-0.15, -0.1) is 0 Å². The number of hydrogen-bond acceptors (Lipinski definition) is 2. The van der Waals surface area contributed by atoms with Crippen LogP contribution in [0.25, 0.3) is 0 Å². The Kier molecular flexibility index (Phi) is 4.66. The van der Waals surface area contributed by atoms with Gasteiger partial charge in [0.2, 0.25) is 0 Å². The number of aromatic nitrogens is 1. The lowest BCUT2D eigenvalue weighted by molar-refractivity contribution is 0.301. The molecule has 0 amide bonds. The summed E-state index contributed by atoms with van der Waals surface area (Å²) in [4.78, 5) is 4.22. The summed E-state index contributed by atoms with van der Waals surface area (Å²) in [5.74, 6) is 0.849. The Hall–Kier alpha value is -1.54. The second kappa shape index (κ2) is 6.27. The molecule has 0 fully saturated rings. The molecule has 0 aliphatic heterocycles. The average molecular weight is 290 g/mol. The number of halogens is 1. The quantitative estimate of drug-likeness (QED) is 0.772. The van der Waals surface area contributed by atoms with E-state index >= 15 is 0 Å². The van der Waals surface area contributed by atoms with Crippen LogP contribution in [-0.2, 0) is 12.0 Å². The van der Waals surface area contributed by atoms with Gasteiger partial charge in [-0.1, -0.05) is 44.5 Å². The molecule has 1 aromatic heterocycles. The van der Waals surface area contributed by atoms with Crippen LogP contribution in [0.3, 0.4) is 0 Å². The molecule has 0 aliphatic rings. The summed E-state index contributed by atoms with van der Waals surface area (Å²) in [6.45, 7) is 7.13. The number of rotatable bonds is 5. The molecule has 0 spiro atoms. The molecule has 20 heavy (non-hydrogen) atoms. The van der Waals surface area contributed by atoms with Gasteiger partial charge in [0.25, 0.3) is 0 Å². The molecule has 0 N–H and O–H groups in total. The molecule has 0 saturated carbocycles. The second-order valence-electron chi connectivity index (χ2n) is 5.52. The van der Waals surface area contributed by atoms with Gasteiger partial charge >= 0.3 is 0 Å². The Morgan fingerprint density at radius 1 is 1.15 bits per heavy atom. The van der Waals surface area contributed by atoms with E-state index in [0.29, 0.717) is 11.6 Å². The van der Waals surface area contributed by atoms with Gasteiger partial charge in [-0.05, 0) is 41.7 Å². The molecule has 2 rings (SSSR count). The fourth-order valence-electron chi connectivity index (χ4n) is 1.89. The van der Waals surface area contributed by atoms with E-state index in [2.05, 4.69) is 37.9 Å². The molecule has 0 atom stereocenters. The van der Waals surface area contributed by atoms with Crippen molar-refractivity contribution in [2.75, 3.05) is 0 Å². The molecule has 2 nitrogen and oxygen atoms in total. The highest BCUT2D eigenvalue weighted by Crippen LogP contribution is 2.28. The van der Waals surface area contributed by atoms with Crippen LogP contribution < -0.4 is 4.74 Å². The van der Waals surface area contributed by atoms with Crippen LogP contribution in [0, 0.1) is 0 Å². The van der Waals surface area contributed by atoms with Crippen LogP contribution in [-0.4, -0.2) is 4.98 Å². The molecule has 0 aliphatic carbocycles. The Morgan fingerprint density at radius 3 is 2.45 bits per heavy atom. The predicted octanol–water partition coefficient (Wildman–Crippen LogP) is 5.00. The van der Waals surface area contributed by atoms with Crippen LogP contribution in [0.2, 0.25) is 5.02 Å². The summed E-state index contributed by atoms with van der Waals surface area (Å²) in [7, 11) is 0. The minimum absolute atomic E-state index is 0.201. The van der Waals surface area contributed by atoms with Crippen molar-refractivity contribution in [1.82, 2.24) is 4.98 Å². The zero-order valence-corrected chi connectivity index (χ0v) is 12.9. The maximum absolute atomic E-state index is 5.92. The number of benzene rings is 1. The Bertz CT molecular complexity index is 563. The fourth-order valence-corrected chi connectivity index (χ4v) is 2.07. The van der Waals surface area contributed by atoms with Gasteiger partial charge in [-0.2, -0.15) is 0 Å². The molecule has 0 saturated heterocycles. The lowest BCUT2D eigenvalue weighted by Crippen LogP contribution is -2.15. The highest BCUT2D eigenvalue weighted by atomic mass is 35.5. The van der Waals surface area contributed by atoms with Crippen molar-refractivity contribution in [2.45, 2.75) is 39.2 Å². The van der Waals surface area contributed by atoms with Crippen molar-refractivity contribution in [3.8, 4) is 5.75 Å². The fraction of sp³-hybridized carbons (Fsp3) is 0.353. The van der Waals surface area contributed by atoms with Crippen molar-refractivity contribution >= 4 is 11.6 Å². The molecule has 2 aromatic rings. The summed E-state index contributed by atoms with van der Waals surface area (Å²) in [6, 6.07) is 11.9. The van der Waals surface area contributed by atoms with Crippen molar-refractivity contribution in [3.05, 3.63) is 58.9 Å². The lowest BCUT2D eigenvalue weighted by Gasteiger charge is -2.23. The highest BCUT2D eigenvalue weighted by Gasteiger charge is 2.17. The first-order valence-electron chi connectivity index (χ1n) is 6.85. The van der Waals surface area contributed by atoms with Crippen LogP contribution in [0.5, 0.6) is 5.75 Å². The lowest BCUT2D eigenvalue weighted by atomic mass is 9.82. The summed E-state index contributed by atoms with van der Waals surface area (Å²) < 4.78 is 5.73. The SMILES string of the molecule is CCC(C)(C)c1ccc(OCc2cc(Cl)ccn2)cc1.